The van der Waals surface area contributed by atoms with Crippen LogP contribution in [0.5, 0.6) is 11.5 Å². The molecule has 3 aromatic rings. The average molecular weight is 521 g/mol. The molecule has 188 valence electrons. The van der Waals surface area contributed by atoms with Gasteiger partial charge in [0.05, 0.1) is 18.4 Å². The summed E-state index contributed by atoms with van der Waals surface area (Å²) in [6, 6.07) is 15.0. The molecule has 9 nitrogen and oxygen atoms in total. The van der Waals surface area contributed by atoms with Crippen molar-refractivity contribution in [3.05, 3.63) is 93.5 Å². The summed E-state index contributed by atoms with van der Waals surface area (Å²) in [4.78, 5) is 50.1. The number of nitrogens with zero attached hydrogens (tertiary/aromatic N) is 1. The molecule has 0 saturated carbocycles. The van der Waals surface area contributed by atoms with Crippen molar-refractivity contribution in [3.8, 4) is 11.5 Å². The molecule has 2 N–H and O–H groups in total. The van der Waals surface area contributed by atoms with E-state index in [4.69, 9.17) is 26.2 Å². The minimum atomic E-state index is -1.01. The number of anilines is 1. The lowest BCUT2D eigenvalue weighted by molar-refractivity contribution is -0.122. The number of nitrogens with one attached hydrogen (secondary N) is 1. The molecule has 0 bridgehead atoms. The molecule has 0 aromatic heterocycles. The minimum Gasteiger partial charge on any atom is -0.493 e. The Morgan fingerprint density at radius 1 is 1.03 bits per heavy atom. The van der Waals surface area contributed by atoms with Crippen LogP contribution in [0.4, 0.5) is 10.5 Å². The lowest BCUT2D eigenvalue weighted by Crippen LogP contribution is -2.54. The summed E-state index contributed by atoms with van der Waals surface area (Å²) in [6.45, 7) is 1.88. The first-order chi connectivity index (χ1) is 17.7. The Morgan fingerprint density at radius 3 is 2.43 bits per heavy atom. The number of carbonyl (C=O) groups excluding carboxylic acids is 3. The second-order valence-electron chi connectivity index (χ2n) is 8.09. The third-order valence-electron chi connectivity index (χ3n) is 5.61. The molecule has 4 amide bonds. The van der Waals surface area contributed by atoms with Crippen molar-refractivity contribution < 1.29 is 33.8 Å². The maximum atomic E-state index is 13.2. The first kappa shape index (κ1) is 25.5. The van der Waals surface area contributed by atoms with Gasteiger partial charge in [0.1, 0.15) is 12.2 Å². The van der Waals surface area contributed by atoms with E-state index in [-0.39, 0.29) is 23.4 Å². The van der Waals surface area contributed by atoms with Crippen LogP contribution in [0, 0.1) is 6.92 Å². The fourth-order valence-corrected chi connectivity index (χ4v) is 3.83. The van der Waals surface area contributed by atoms with Crippen LogP contribution in [0.3, 0.4) is 0 Å². The summed E-state index contributed by atoms with van der Waals surface area (Å²) in [7, 11) is 1.45. The van der Waals surface area contributed by atoms with Crippen molar-refractivity contribution >= 4 is 47.2 Å². The molecule has 4 rings (SSSR count). The Morgan fingerprint density at radius 2 is 1.76 bits per heavy atom. The quantitative estimate of drug-likeness (QED) is 0.345. The molecule has 1 aliphatic rings. The van der Waals surface area contributed by atoms with Gasteiger partial charge >= 0.3 is 12.0 Å². The van der Waals surface area contributed by atoms with E-state index in [1.807, 2.05) is 0 Å². The monoisotopic (exact) mass is 520 g/mol. The van der Waals surface area contributed by atoms with Gasteiger partial charge in [0.2, 0.25) is 0 Å². The molecule has 10 heteroatoms. The zero-order chi connectivity index (χ0) is 26.7. The molecule has 0 unspecified atom stereocenters. The van der Waals surface area contributed by atoms with E-state index in [9.17, 15) is 19.2 Å². The highest BCUT2D eigenvalue weighted by Crippen LogP contribution is 2.31. The summed E-state index contributed by atoms with van der Waals surface area (Å²) in [6.07, 6.45) is 1.36. The van der Waals surface area contributed by atoms with Gasteiger partial charge in [-0.2, -0.15) is 0 Å². The maximum Gasteiger partial charge on any atom is 0.335 e. The van der Waals surface area contributed by atoms with Crippen molar-refractivity contribution in [2.24, 2.45) is 0 Å². The molecule has 37 heavy (non-hydrogen) atoms. The molecule has 0 atom stereocenters. The van der Waals surface area contributed by atoms with Crippen molar-refractivity contribution in [2.45, 2.75) is 13.5 Å². The average Bonchev–Trinajstić information content (AvgIpc) is 2.87. The van der Waals surface area contributed by atoms with E-state index in [0.29, 0.717) is 27.6 Å². The molecule has 0 radical (unpaired) electrons. The lowest BCUT2D eigenvalue weighted by atomic mass is 10.1. The highest BCUT2D eigenvalue weighted by molar-refractivity contribution is 6.39. The molecule has 1 aliphatic heterocycles. The smallest absolute Gasteiger partial charge is 0.335 e. The fraction of sp³-hybridized carbons (Fsp3) is 0.111. The van der Waals surface area contributed by atoms with E-state index in [0.717, 1.165) is 10.5 Å². The summed E-state index contributed by atoms with van der Waals surface area (Å²) in [5.74, 6) is -1.88. The van der Waals surface area contributed by atoms with Crippen LogP contribution in [0.15, 0.2) is 66.2 Å². The van der Waals surface area contributed by atoms with Crippen molar-refractivity contribution in [2.75, 3.05) is 12.0 Å². The largest absolute Gasteiger partial charge is 0.493 e. The Bertz CT molecular complexity index is 1450. The number of amides is 4. The third kappa shape index (κ3) is 5.46. The lowest BCUT2D eigenvalue weighted by Gasteiger charge is -2.27. The van der Waals surface area contributed by atoms with Crippen LogP contribution in [0.1, 0.15) is 27.0 Å². The van der Waals surface area contributed by atoms with Crippen LogP contribution in [0.2, 0.25) is 5.02 Å². The number of hydrogen-bond donors (Lipinski definition) is 2. The Hall–Kier alpha value is -4.63. The number of rotatable bonds is 7. The number of urea groups is 1. The number of barbiturate groups is 1. The number of halogens is 1. The number of benzene rings is 3. The number of carboxylic acid groups (broad SMARTS) is 1. The highest BCUT2D eigenvalue weighted by atomic mass is 35.5. The number of ether oxygens (including phenoxy) is 2. The summed E-state index contributed by atoms with van der Waals surface area (Å²) < 4.78 is 11.2. The predicted octanol–water partition coefficient (Wildman–Crippen LogP) is 4.60. The topological polar surface area (TPSA) is 122 Å². The van der Waals surface area contributed by atoms with E-state index in [1.54, 1.807) is 49.4 Å². The van der Waals surface area contributed by atoms with Gasteiger partial charge in [0.15, 0.2) is 11.5 Å². The molecule has 0 aliphatic carbocycles. The molecular formula is C27H21ClN2O7. The van der Waals surface area contributed by atoms with Gasteiger partial charge in [-0.05, 0) is 66.1 Å². The fourth-order valence-electron chi connectivity index (χ4n) is 3.66. The van der Waals surface area contributed by atoms with E-state index < -0.39 is 23.8 Å². The minimum absolute atomic E-state index is 0.160. The molecule has 1 saturated heterocycles. The maximum absolute atomic E-state index is 13.2. The van der Waals surface area contributed by atoms with E-state index >= 15 is 0 Å². The van der Waals surface area contributed by atoms with Crippen LogP contribution in [-0.4, -0.2) is 36.0 Å². The summed E-state index contributed by atoms with van der Waals surface area (Å²) in [5.41, 5.74) is 2.04. The first-order valence-electron chi connectivity index (χ1n) is 11.0. The second-order valence-corrected chi connectivity index (χ2v) is 8.53. The second kappa shape index (κ2) is 10.5. The summed E-state index contributed by atoms with van der Waals surface area (Å²) in [5, 5.41) is 11.5. The summed E-state index contributed by atoms with van der Waals surface area (Å²) >= 11 is 6.06. The van der Waals surface area contributed by atoms with Gasteiger partial charge < -0.3 is 14.6 Å². The van der Waals surface area contributed by atoms with Crippen molar-refractivity contribution in [3.63, 3.8) is 0 Å². The van der Waals surface area contributed by atoms with Crippen molar-refractivity contribution in [1.82, 2.24) is 5.32 Å². The molecule has 1 fully saturated rings. The Kier molecular flexibility index (Phi) is 7.26. The SMILES string of the molecule is COc1cc(/C=C2\C(=O)NC(=O)N(c3cc(Cl)ccc3C)C2=O)ccc1OCc1ccc(C(=O)O)cc1. The zero-order valence-corrected chi connectivity index (χ0v) is 20.5. The molecule has 3 aromatic carbocycles. The van der Waals surface area contributed by atoms with Gasteiger partial charge in [0, 0.05) is 5.02 Å². The Labute approximate surface area is 216 Å². The van der Waals surface area contributed by atoms with Crippen molar-refractivity contribution in [1.29, 1.82) is 0 Å². The van der Waals surface area contributed by atoms with Gasteiger partial charge in [-0.25, -0.2) is 14.5 Å². The number of carbonyl (C=O) groups is 4. The number of carboxylic acids is 1. The van der Waals surface area contributed by atoms with Crippen LogP contribution in [0.25, 0.3) is 6.08 Å². The van der Waals surface area contributed by atoms with Crippen LogP contribution < -0.4 is 19.7 Å². The normalized spacial score (nSPS) is 14.5. The van der Waals surface area contributed by atoms with Crippen LogP contribution >= 0.6 is 11.6 Å². The first-order valence-corrected chi connectivity index (χ1v) is 11.4. The van der Waals surface area contributed by atoms with Gasteiger partial charge in [0.25, 0.3) is 11.8 Å². The number of hydrogen-bond acceptors (Lipinski definition) is 6. The number of aromatic carboxylic acids is 1. The highest BCUT2D eigenvalue weighted by Gasteiger charge is 2.37. The standard InChI is InChI=1S/C27H21ClN2O7/c1-15-3-9-19(28)13-21(15)30-25(32)20(24(31)29-27(30)35)11-17-6-10-22(23(12-17)36-2)37-14-16-4-7-18(8-5-16)26(33)34/h3-13H,14H2,1-2H3,(H,33,34)(H,29,31,35)/b20-11+. The number of imide groups is 2. The van der Waals surface area contributed by atoms with Gasteiger partial charge in [-0.1, -0.05) is 35.9 Å². The number of methoxy groups -OCH3 is 1. The molecular weight excluding hydrogens is 500 g/mol. The molecule has 1 heterocycles. The number of aryl methyl sites for hydroxylation is 1. The molecule has 0 spiro atoms. The predicted molar refractivity (Wildman–Crippen MR) is 136 cm³/mol. The van der Waals surface area contributed by atoms with E-state index in [1.165, 1.54) is 31.4 Å². The van der Waals surface area contributed by atoms with E-state index in [2.05, 4.69) is 5.32 Å². The zero-order valence-electron chi connectivity index (χ0n) is 19.8. The van der Waals surface area contributed by atoms with Gasteiger partial charge in [-0.3, -0.25) is 14.9 Å². The third-order valence-corrected chi connectivity index (χ3v) is 5.84. The van der Waals surface area contributed by atoms with Crippen LogP contribution in [-0.2, 0) is 16.2 Å². The Balaban J connectivity index is 1.58. The van der Waals surface area contributed by atoms with Gasteiger partial charge in [-0.15, -0.1) is 0 Å².